The maximum absolute atomic E-state index is 12.1. The minimum absolute atomic E-state index is 0.0570. The molecule has 21 heavy (non-hydrogen) atoms. The summed E-state index contributed by atoms with van der Waals surface area (Å²) in [6, 6.07) is 5.81. The molecule has 0 atom stereocenters. The fraction of sp³-hybridized carbons (Fsp3) is 0.312. The fourth-order valence-corrected chi connectivity index (χ4v) is 3.07. The first kappa shape index (κ1) is 14.1. The van der Waals surface area contributed by atoms with Crippen molar-refractivity contribution in [3.8, 4) is 0 Å². The summed E-state index contributed by atoms with van der Waals surface area (Å²) in [7, 11) is 0. The predicted molar refractivity (Wildman–Crippen MR) is 83.9 cm³/mol. The molecule has 2 aromatic rings. The summed E-state index contributed by atoms with van der Waals surface area (Å²) >= 11 is 1.73. The Morgan fingerprint density at radius 1 is 1.29 bits per heavy atom. The van der Waals surface area contributed by atoms with Gasteiger partial charge >= 0.3 is 0 Å². The van der Waals surface area contributed by atoms with Crippen molar-refractivity contribution in [1.82, 2.24) is 9.80 Å². The molecule has 0 saturated carbocycles. The van der Waals surface area contributed by atoms with Gasteiger partial charge in [0.1, 0.15) is 5.76 Å². The molecule has 0 N–H and O–H groups in total. The smallest absolute Gasteiger partial charge is 0.246 e. The molecule has 0 bridgehead atoms. The number of carbonyl (C=O) groups excluding carboxylic acids is 1. The highest BCUT2D eigenvalue weighted by molar-refractivity contribution is 7.07. The molecule has 4 nitrogen and oxygen atoms in total. The van der Waals surface area contributed by atoms with Crippen molar-refractivity contribution in [3.05, 3.63) is 52.6 Å². The second-order valence-corrected chi connectivity index (χ2v) is 5.86. The number of piperazine rings is 1. The lowest BCUT2D eigenvalue weighted by molar-refractivity contribution is -0.127. The Morgan fingerprint density at radius 3 is 2.81 bits per heavy atom. The van der Waals surface area contributed by atoms with E-state index < -0.39 is 0 Å². The number of thiophene rings is 1. The van der Waals surface area contributed by atoms with Crippen LogP contribution in [0.1, 0.15) is 11.3 Å². The van der Waals surface area contributed by atoms with Crippen molar-refractivity contribution >= 4 is 23.3 Å². The molecule has 1 saturated heterocycles. The van der Waals surface area contributed by atoms with Gasteiger partial charge in [-0.05, 0) is 40.6 Å². The second kappa shape index (κ2) is 6.74. The first-order chi connectivity index (χ1) is 10.3. The zero-order valence-electron chi connectivity index (χ0n) is 11.8. The summed E-state index contributed by atoms with van der Waals surface area (Å²) in [5.74, 6) is 0.765. The number of hydrogen-bond acceptors (Lipinski definition) is 4. The molecule has 0 aliphatic carbocycles. The fourth-order valence-electron chi connectivity index (χ4n) is 2.41. The highest BCUT2D eigenvalue weighted by atomic mass is 32.1. The molecular weight excluding hydrogens is 284 g/mol. The minimum atomic E-state index is 0.0570. The summed E-state index contributed by atoms with van der Waals surface area (Å²) in [4.78, 5) is 16.4. The largest absolute Gasteiger partial charge is 0.465 e. The molecule has 5 heteroatoms. The Bertz CT molecular complexity index is 582. The lowest BCUT2D eigenvalue weighted by Crippen LogP contribution is -2.47. The van der Waals surface area contributed by atoms with Gasteiger partial charge in [-0.15, -0.1) is 0 Å². The van der Waals surface area contributed by atoms with Crippen molar-refractivity contribution in [2.24, 2.45) is 0 Å². The quantitative estimate of drug-likeness (QED) is 0.815. The SMILES string of the molecule is O=C(/C=C/c1ccco1)N1CCN(Cc2ccsc2)CC1. The van der Waals surface area contributed by atoms with E-state index in [1.165, 1.54) is 5.56 Å². The van der Waals surface area contributed by atoms with Crippen LogP contribution in [0.4, 0.5) is 0 Å². The maximum Gasteiger partial charge on any atom is 0.246 e. The van der Waals surface area contributed by atoms with Gasteiger partial charge in [0.15, 0.2) is 0 Å². The molecule has 0 spiro atoms. The van der Waals surface area contributed by atoms with Crippen molar-refractivity contribution in [2.75, 3.05) is 26.2 Å². The van der Waals surface area contributed by atoms with Gasteiger partial charge in [-0.1, -0.05) is 0 Å². The summed E-state index contributed by atoms with van der Waals surface area (Å²) < 4.78 is 5.18. The molecule has 0 radical (unpaired) electrons. The summed E-state index contributed by atoms with van der Waals surface area (Å²) in [6.45, 7) is 4.40. The molecule has 1 fully saturated rings. The number of hydrogen-bond donors (Lipinski definition) is 0. The van der Waals surface area contributed by atoms with E-state index in [0.29, 0.717) is 5.76 Å². The minimum Gasteiger partial charge on any atom is -0.465 e. The summed E-state index contributed by atoms with van der Waals surface area (Å²) in [6.07, 6.45) is 4.92. The molecule has 110 valence electrons. The van der Waals surface area contributed by atoms with Crippen molar-refractivity contribution < 1.29 is 9.21 Å². The second-order valence-electron chi connectivity index (χ2n) is 5.08. The molecule has 1 aliphatic heterocycles. The molecule has 0 unspecified atom stereocenters. The molecule has 1 aliphatic rings. The third-order valence-electron chi connectivity index (χ3n) is 3.60. The van der Waals surface area contributed by atoms with Gasteiger partial charge in [0.05, 0.1) is 6.26 Å². The monoisotopic (exact) mass is 302 g/mol. The van der Waals surface area contributed by atoms with Gasteiger partial charge in [-0.25, -0.2) is 0 Å². The normalized spacial score (nSPS) is 16.7. The van der Waals surface area contributed by atoms with E-state index >= 15 is 0 Å². The Balaban J connectivity index is 1.47. The number of carbonyl (C=O) groups is 1. The van der Waals surface area contributed by atoms with Crippen LogP contribution >= 0.6 is 11.3 Å². The Hall–Kier alpha value is -1.85. The third kappa shape index (κ3) is 3.83. The van der Waals surface area contributed by atoms with E-state index in [1.54, 1.807) is 29.8 Å². The van der Waals surface area contributed by atoms with E-state index in [0.717, 1.165) is 32.7 Å². The van der Waals surface area contributed by atoms with Crippen molar-refractivity contribution in [3.63, 3.8) is 0 Å². The summed E-state index contributed by atoms with van der Waals surface area (Å²) in [5, 5.41) is 4.29. The number of nitrogens with zero attached hydrogens (tertiary/aromatic N) is 2. The molecule has 3 heterocycles. The van der Waals surface area contributed by atoms with Crippen LogP contribution in [-0.4, -0.2) is 41.9 Å². The van der Waals surface area contributed by atoms with Crippen LogP contribution in [0.2, 0.25) is 0 Å². The standard InChI is InChI=1S/C16H18N2O2S/c19-16(4-3-15-2-1-10-20-15)18-8-6-17(7-9-18)12-14-5-11-21-13-14/h1-5,10-11,13H,6-9,12H2/b4-3+. The Kier molecular flexibility index (Phi) is 4.52. The number of amides is 1. The van der Waals surface area contributed by atoms with E-state index in [2.05, 4.69) is 21.7 Å². The molecule has 2 aromatic heterocycles. The third-order valence-corrected chi connectivity index (χ3v) is 4.34. The van der Waals surface area contributed by atoms with Crippen molar-refractivity contribution in [2.45, 2.75) is 6.54 Å². The highest BCUT2D eigenvalue weighted by Crippen LogP contribution is 2.12. The van der Waals surface area contributed by atoms with E-state index in [-0.39, 0.29) is 5.91 Å². The maximum atomic E-state index is 12.1. The van der Waals surface area contributed by atoms with Crippen LogP contribution in [0.3, 0.4) is 0 Å². The van der Waals surface area contributed by atoms with Gasteiger partial charge < -0.3 is 9.32 Å². The van der Waals surface area contributed by atoms with Gasteiger partial charge in [-0.2, -0.15) is 11.3 Å². The molecule has 3 rings (SSSR count). The van der Waals surface area contributed by atoms with Crippen LogP contribution in [0, 0.1) is 0 Å². The Labute approximate surface area is 128 Å². The van der Waals surface area contributed by atoms with Crippen LogP contribution in [0.15, 0.2) is 45.7 Å². The zero-order chi connectivity index (χ0) is 14.5. The average Bonchev–Trinajstić information content (AvgIpc) is 3.19. The first-order valence-electron chi connectivity index (χ1n) is 7.05. The lowest BCUT2D eigenvalue weighted by Gasteiger charge is -2.34. The molecule has 1 amide bonds. The zero-order valence-corrected chi connectivity index (χ0v) is 12.6. The van der Waals surface area contributed by atoms with E-state index in [1.807, 2.05) is 17.0 Å². The topological polar surface area (TPSA) is 36.7 Å². The van der Waals surface area contributed by atoms with E-state index in [9.17, 15) is 4.79 Å². The van der Waals surface area contributed by atoms with Crippen LogP contribution in [0.25, 0.3) is 6.08 Å². The number of furan rings is 1. The molecular formula is C16H18N2O2S. The lowest BCUT2D eigenvalue weighted by atomic mass is 10.2. The summed E-state index contributed by atoms with van der Waals surface area (Å²) in [5.41, 5.74) is 1.36. The van der Waals surface area contributed by atoms with Gasteiger partial charge in [0.25, 0.3) is 0 Å². The predicted octanol–water partition coefficient (Wildman–Crippen LogP) is 2.70. The van der Waals surface area contributed by atoms with E-state index in [4.69, 9.17) is 4.42 Å². The van der Waals surface area contributed by atoms with Gasteiger partial charge in [-0.3, -0.25) is 9.69 Å². The van der Waals surface area contributed by atoms with Crippen LogP contribution < -0.4 is 0 Å². The van der Waals surface area contributed by atoms with Crippen molar-refractivity contribution in [1.29, 1.82) is 0 Å². The highest BCUT2D eigenvalue weighted by Gasteiger charge is 2.19. The first-order valence-corrected chi connectivity index (χ1v) is 7.99. The number of rotatable bonds is 4. The van der Waals surface area contributed by atoms with Crippen LogP contribution in [-0.2, 0) is 11.3 Å². The molecule has 0 aromatic carbocycles. The average molecular weight is 302 g/mol. The van der Waals surface area contributed by atoms with Gasteiger partial charge in [0.2, 0.25) is 5.91 Å². The van der Waals surface area contributed by atoms with Gasteiger partial charge in [0, 0.05) is 38.8 Å². The van der Waals surface area contributed by atoms with Crippen LogP contribution in [0.5, 0.6) is 0 Å². The Morgan fingerprint density at radius 2 is 2.14 bits per heavy atom.